The highest BCUT2D eigenvalue weighted by Crippen LogP contribution is 2.48. The number of likely N-dealkylation sites (tertiary alicyclic amines) is 1. The van der Waals surface area contributed by atoms with E-state index < -0.39 is 11.9 Å². The minimum absolute atomic E-state index is 0.120. The van der Waals surface area contributed by atoms with Crippen LogP contribution in [0.1, 0.15) is 29.7 Å². The Kier molecular flexibility index (Phi) is 6.67. The molecule has 0 bridgehead atoms. The molecular formula is C28H26ClF2NO3. The van der Waals surface area contributed by atoms with Gasteiger partial charge in [0.05, 0.1) is 6.67 Å². The van der Waals surface area contributed by atoms with Crippen molar-refractivity contribution < 1.29 is 23.4 Å². The van der Waals surface area contributed by atoms with Crippen LogP contribution >= 0.6 is 11.6 Å². The molecule has 0 unspecified atom stereocenters. The van der Waals surface area contributed by atoms with Gasteiger partial charge in [-0.3, -0.25) is 9.29 Å². The van der Waals surface area contributed by atoms with Crippen LogP contribution < -0.4 is 9.47 Å². The quantitative estimate of drug-likeness (QED) is 0.403. The molecule has 2 heterocycles. The summed E-state index contributed by atoms with van der Waals surface area (Å²) >= 11 is 6.50. The Morgan fingerprint density at radius 2 is 1.83 bits per heavy atom. The lowest BCUT2D eigenvalue weighted by Gasteiger charge is -2.37. The number of nitrogens with zero attached hydrogens (tertiary/aromatic N) is 1. The van der Waals surface area contributed by atoms with Gasteiger partial charge in [-0.05, 0) is 66.6 Å². The lowest BCUT2D eigenvalue weighted by molar-refractivity contribution is 0.0668. The van der Waals surface area contributed by atoms with Crippen molar-refractivity contribution >= 4 is 22.7 Å². The van der Waals surface area contributed by atoms with E-state index in [-0.39, 0.29) is 18.3 Å². The van der Waals surface area contributed by atoms with E-state index in [0.717, 1.165) is 47.7 Å². The Hall–Kier alpha value is -3.09. The van der Waals surface area contributed by atoms with E-state index in [9.17, 15) is 13.9 Å². The number of aromatic hydroxyl groups is 1. The fourth-order valence-electron chi connectivity index (χ4n) is 4.71. The standard InChI is InChI=1S/C28H26ClF2NO3/c1-17-23-13-21(33)5-9-26(23)35-28(27(17)24-12-20(31)4-8-25(24)29)19-2-6-22(7-3-19)34-11-10-32-15-18(14-30)16-32/h2-9,12-13,18,28,33H,10-11,14-16H2,1H3/t28-/m1/s1. The van der Waals surface area contributed by atoms with Crippen molar-refractivity contribution in [2.24, 2.45) is 5.92 Å². The minimum Gasteiger partial charge on any atom is -0.508 e. The number of hydrogen-bond donors (Lipinski definition) is 1. The molecule has 3 aromatic carbocycles. The van der Waals surface area contributed by atoms with Crippen LogP contribution in [0, 0.1) is 11.7 Å². The molecule has 3 aromatic rings. The van der Waals surface area contributed by atoms with Crippen LogP contribution in [0.3, 0.4) is 0 Å². The highest BCUT2D eigenvalue weighted by molar-refractivity contribution is 6.32. The number of hydrogen-bond acceptors (Lipinski definition) is 4. The number of allylic oxidation sites excluding steroid dienone is 1. The SMILES string of the molecule is CC1=C(c2cc(F)ccc2Cl)[C@@H](c2ccc(OCCN3CC(CF)C3)cc2)Oc2ccc(O)cc21. The van der Waals surface area contributed by atoms with Crippen molar-refractivity contribution in [3.63, 3.8) is 0 Å². The zero-order valence-corrected chi connectivity index (χ0v) is 20.1. The number of ether oxygens (including phenoxy) is 2. The number of phenols is 1. The van der Waals surface area contributed by atoms with Crippen LogP contribution in [0.2, 0.25) is 5.02 Å². The first kappa shape index (κ1) is 23.6. The van der Waals surface area contributed by atoms with Gasteiger partial charge in [-0.2, -0.15) is 0 Å². The van der Waals surface area contributed by atoms with Gasteiger partial charge in [0.15, 0.2) is 0 Å². The van der Waals surface area contributed by atoms with Crippen LogP contribution in [0.15, 0.2) is 60.7 Å². The zero-order valence-electron chi connectivity index (χ0n) is 19.3. The number of benzene rings is 3. The normalized spacial score (nSPS) is 18.1. The number of phenolic OH excluding ortho intramolecular Hbond substituents is 1. The first-order valence-electron chi connectivity index (χ1n) is 11.6. The zero-order chi connectivity index (χ0) is 24.5. The average Bonchev–Trinajstić information content (AvgIpc) is 2.83. The predicted molar refractivity (Wildman–Crippen MR) is 133 cm³/mol. The van der Waals surface area contributed by atoms with Gasteiger partial charge in [-0.15, -0.1) is 0 Å². The van der Waals surface area contributed by atoms with Crippen LogP contribution in [0.25, 0.3) is 11.1 Å². The molecule has 1 saturated heterocycles. The molecule has 0 aliphatic carbocycles. The third-order valence-electron chi connectivity index (χ3n) is 6.61. The van der Waals surface area contributed by atoms with Gasteiger partial charge in [-0.1, -0.05) is 23.7 Å². The second kappa shape index (κ2) is 9.88. The Labute approximate surface area is 208 Å². The van der Waals surface area contributed by atoms with Crippen molar-refractivity contribution in [1.82, 2.24) is 4.90 Å². The summed E-state index contributed by atoms with van der Waals surface area (Å²) in [7, 11) is 0. The van der Waals surface area contributed by atoms with Crippen LogP contribution in [-0.2, 0) is 0 Å². The van der Waals surface area contributed by atoms with Gasteiger partial charge in [0.2, 0.25) is 0 Å². The highest BCUT2D eigenvalue weighted by Gasteiger charge is 2.31. The average molecular weight is 498 g/mol. The van der Waals surface area contributed by atoms with Gasteiger partial charge in [0, 0.05) is 47.3 Å². The fourth-order valence-corrected chi connectivity index (χ4v) is 4.93. The minimum atomic E-state index is -0.529. The third kappa shape index (κ3) is 4.86. The molecule has 1 fully saturated rings. The second-order valence-corrected chi connectivity index (χ2v) is 9.45. The van der Waals surface area contributed by atoms with Crippen LogP contribution in [-0.4, -0.2) is 42.9 Å². The van der Waals surface area contributed by atoms with Gasteiger partial charge < -0.3 is 14.6 Å². The summed E-state index contributed by atoms with van der Waals surface area (Å²) in [5.41, 5.74) is 3.73. The van der Waals surface area contributed by atoms with Crippen LogP contribution in [0.5, 0.6) is 17.2 Å². The Bertz CT molecular complexity index is 1260. The smallest absolute Gasteiger partial charge is 0.150 e. The summed E-state index contributed by atoms with van der Waals surface area (Å²) in [5.74, 6) is 1.24. The fraction of sp³-hybridized carbons (Fsp3) is 0.286. The van der Waals surface area contributed by atoms with Crippen LogP contribution in [0.4, 0.5) is 8.78 Å². The number of fused-ring (bicyclic) bond motifs is 1. The molecule has 5 rings (SSSR count). The Morgan fingerprint density at radius 1 is 1.06 bits per heavy atom. The topological polar surface area (TPSA) is 41.9 Å². The lowest BCUT2D eigenvalue weighted by atomic mass is 9.86. The predicted octanol–water partition coefficient (Wildman–Crippen LogP) is 6.53. The second-order valence-electron chi connectivity index (χ2n) is 9.04. The Balaban J connectivity index is 1.41. The van der Waals surface area contributed by atoms with Crippen molar-refractivity contribution in [3.8, 4) is 17.2 Å². The molecule has 1 N–H and O–H groups in total. The molecule has 0 spiro atoms. The molecule has 7 heteroatoms. The molecule has 0 aromatic heterocycles. The van der Waals surface area contributed by atoms with E-state index >= 15 is 0 Å². The summed E-state index contributed by atoms with van der Waals surface area (Å²) in [4.78, 5) is 2.17. The monoisotopic (exact) mass is 497 g/mol. The third-order valence-corrected chi connectivity index (χ3v) is 6.94. The molecule has 35 heavy (non-hydrogen) atoms. The van der Waals surface area contributed by atoms with Gasteiger partial charge in [0.1, 0.15) is 35.8 Å². The number of alkyl halides is 1. The molecule has 182 valence electrons. The van der Waals surface area contributed by atoms with E-state index in [1.807, 2.05) is 31.2 Å². The molecule has 1 atom stereocenters. The van der Waals surface area contributed by atoms with Crippen molar-refractivity contribution in [3.05, 3.63) is 88.2 Å². The summed E-state index contributed by atoms with van der Waals surface area (Å²) in [6.45, 7) is 4.52. The molecule has 0 radical (unpaired) electrons. The summed E-state index contributed by atoms with van der Waals surface area (Å²) < 4.78 is 39.0. The van der Waals surface area contributed by atoms with E-state index in [2.05, 4.69) is 4.90 Å². The van der Waals surface area contributed by atoms with Gasteiger partial charge >= 0.3 is 0 Å². The maximum absolute atomic E-state index is 14.2. The molecule has 4 nitrogen and oxygen atoms in total. The van der Waals surface area contributed by atoms with Crippen molar-refractivity contribution in [1.29, 1.82) is 0 Å². The number of rotatable bonds is 7. The lowest BCUT2D eigenvalue weighted by Crippen LogP contribution is -2.49. The molecule has 0 saturated carbocycles. The first-order valence-corrected chi connectivity index (χ1v) is 12.0. The summed E-state index contributed by atoms with van der Waals surface area (Å²) in [5, 5.41) is 10.4. The van der Waals surface area contributed by atoms with E-state index in [4.69, 9.17) is 21.1 Å². The summed E-state index contributed by atoms with van der Waals surface area (Å²) in [6, 6.07) is 16.8. The van der Waals surface area contributed by atoms with Gasteiger partial charge in [-0.25, -0.2) is 4.39 Å². The number of halogens is 3. The van der Waals surface area contributed by atoms with Crippen molar-refractivity contribution in [2.45, 2.75) is 13.0 Å². The molecule has 2 aliphatic heterocycles. The largest absolute Gasteiger partial charge is 0.508 e. The highest BCUT2D eigenvalue weighted by atomic mass is 35.5. The Morgan fingerprint density at radius 3 is 2.57 bits per heavy atom. The van der Waals surface area contributed by atoms with E-state index in [1.165, 1.54) is 18.2 Å². The summed E-state index contributed by atoms with van der Waals surface area (Å²) in [6.07, 6.45) is -0.529. The molecule has 2 aliphatic rings. The maximum Gasteiger partial charge on any atom is 0.150 e. The molecule has 0 amide bonds. The van der Waals surface area contributed by atoms with Gasteiger partial charge in [0.25, 0.3) is 0 Å². The van der Waals surface area contributed by atoms with Crippen molar-refractivity contribution in [2.75, 3.05) is 32.9 Å². The molecular weight excluding hydrogens is 472 g/mol. The van der Waals surface area contributed by atoms with E-state index in [1.54, 1.807) is 18.2 Å². The van der Waals surface area contributed by atoms with E-state index in [0.29, 0.717) is 22.9 Å². The first-order chi connectivity index (χ1) is 16.9. The maximum atomic E-state index is 14.2.